The largest absolute Gasteiger partial charge is 0.416 e. The van der Waals surface area contributed by atoms with Gasteiger partial charge in [0.1, 0.15) is 0 Å². The lowest BCUT2D eigenvalue weighted by Crippen LogP contribution is -2.51. The molecule has 1 aromatic heterocycles. The maximum Gasteiger partial charge on any atom is 0.416 e. The van der Waals surface area contributed by atoms with Crippen LogP contribution in [0.5, 0.6) is 0 Å². The van der Waals surface area contributed by atoms with Gasteiger partial charge in [-0.3, -0.25) is 10.0 Å². The number of nitrogens with one attached hydrogen (secondary N) is 1. The zero-order valence-corrected chi connectivity index (χ0v) is 19.5. The number of halogens is 3. The van der Waals surface area contributed by atoms with Gasteiger partial charge in [-0.1, -0.05) is 26.0 Å². The third kappa shape index (κ3) is 6.02. The quantitative estimate of drug-likeness (QED) is 0.442. The van der Waals surface area contributed by atoms with Gasteiger partial charge in [0, 0.05) is 44.1 Å². The summed E-state index contributed by atoms with van der Waals surface area (Å²) in [6.07, 6.45) is -1.39. The van der Waals surface area contributed by atoms with Crippen LogP contribution in [0.15, 0.2) is 36.7 Å². The van der Waals surface area contributed by atoms with Crippen LogP contribution in [0.25, 0.3) is 11.1 Å². The average molecular weight is 502 g/mol. The standard InChI is InChI=1S/C21H26F3N5O4S/c1-14(2)18(19(30)27-31)13-34(32,33)29-9-7-28(8-10-29)20-25-11-16(12-26-20)15-3-5-17(6-4-15)21(22,23)24/h3-6,11-12,14,18,31H,7-10,13H2,1-2H3,(H,27,30)/t18-/m1/s1. The SMILES string of the molecule is CC(C)[C@@H](CS(=O)(=O)N1CCN(c2ncc(-c3ccc(C(F)(F)F)cc3)cn2)CC1)C(=O)NO. The van der Waals surface area contributed by atoms with Crippen molar-refractivity contribution in [2.45, 2.75) is 20.0 Å². The molecule has 3 rings (SSSR count). The van der Waals surface area contributed by atoms with Crippen LogP contribution in [0.4, 0.5) is 19.1 Å². The lowest BCUT2D eigenvalue weighted by atomic mass is 9.97. The first-order chi connectivity index (χ1) is 15.9. The number of nitrogens with zero attached hydrogens (tertiary/aromatic N) is 4. The van der Waals surface area contributed by atoms with Gasteiger partial charge in [0.2, 0.25) is 21.9 Å². The first kappa shape index (κ1) is 25.8. The second-order valence-electron chi connectivity index (χ2n) is 8.34. The molecule has 0 radical (unpaired) electrons. The fourth-order valence-corrected chi connectivity index (χ4v) is 5.56. The number of rotatable bonds is 7. The van der Waals surface area contributed by atoms with Crippen LogP contribution < -0.4 is 10.4 Å². The van der Waals surface area contributed by atoms with Crippen molar-refractivity contribution in [2.24, 2.45) is 11.8 Å². The molecule has 1 atom stereocenters. The van der Waals surface area contributed by atoms with E-state index in [1.165, 1.54) is 34.3 Å². The molecule has 2 heterocycles. The molecule has 2 aromatic rings. The highest BCUT2D eigenvalue weighted by atomic mass is 32.2. The normalized spacial score (nSPS) is 16.5. The Balaban J connectivity index is 1.62. The van der Waals surface area contributed by atoms with Gasteiger partial charge < -0.3 is 4.90 Å². The first-order valence-corrected chi connectivity index (χ1v) is 12.2. The van der Waals surface area contributed by atoms with Crippen molar-refractivity contribution in [3.63, 3.8) is 0 Å². The number of hydrogen-bond acceptors (Lipinski definition) is 7. The molecule has 9 nitrogen and oxygen atoms in total. The minimum Gasteiger partial charge on any atom is -0.338 e. The van der Waals surface area contributed by atoms with Gasteiger partial charge in [-0.2, -0.15) is 17.5 Å². The van der Waals surface area contributed by atoms with Crippen LogP contribution in [-0.4, -0.2) is 65.7 Å². The van der Waals surface area contributed by atoms with Crippen molar-refractivity contribution in [1.29, 1.82) is 0 Å². The Labute approximate surface area is 195 Å². The van der Waals surface area contributed by atoms with Gasteiger partial charge in [0.15, 0.2) is 0 Å². The number of amides is 1. The number of piperazine rings is 1. The highest BCUT2D eigenvalue weighted by Gasteiger charge is 2.34. The summed E-state index contributed by atoms with van der Waals surface area (Å²) in [7, 11) is -3.73. The number of aromatic nitrogens is 2. The molecule has 0 spiro atoms. The Morgan fingerprint density at radius 3 is 2.09 bits per heavy atom. The van der Waals surface area contributed by atoms with Gasteiger partial charge in [-0.15, -0.1) is 0 Å². The number of carbonyl (C=O) groups excluding carboxylic acids is 1. The van der Waals surface area contributed by atoms with Gasteiger partial charge in [-0.25, -0.2) is 23.9 Å². The Hall–Kier alpha value is -2.77. The van der Waals surface area contributed by atoms with E-state index in [0.29, 0.717) is 30.2 Å². The number of benzene rings is 1. The van der Waals surface area contributed by atoms with E-state index < -0.39 is 39.3 Å². The fourth-order valence-electron chi connectivity index (χ4n) is 3.64. The highest BCUT2D eigenvalue weighted by molar-refractivity contribution is 7.89. The summed E-state index contributed by atoms with van der Waals surface area (Å²) < 4.78 is 65.1. The molecule has 13 heteroatoms. The van der Waals surface area contributed by atoms with E-state index >= 15 is 0 Å². The summed E-state index contributed by atoms with van der Waals surface area (Å²) >= 11 is 0. The molecule has 0 bridgehead atoms. The van der Waals surface area contributed by atoms with Crippen molar-refractivity contribution in [3.8, 4) is 11.1 Å². The predicted molar refractivity (Wildman–Crippen MR) is 118 cm³/mol. The number of hydrogen-bond donors (Lipinski definition) is 2. The summed E-state index contributed by atoms with van der Waals surface area (Å²) in [5.41, 5.74) is 1.89. The third-order valence-corrected chi connectivity index (χ3v) is 7.67. The van der Waals surface area contributed by atoms with Gasteiger partial charge in [0.05, 0.1) is 17.2 Å². The summed E-state index contributed by atoms with van der Waals surface area (Å²) in [5, 5.41) is 8.88. The molecular formula is C21H26F3N5O4S. The van der Waals surface area contributed by atoms with Crippen LogP contribution in [0.3, 0.4) is 0 Å². The number of hydroxylamine groups is 1. The molecular weight excluding hydrogens is 475 g/mol. The number of sulfonamides is 1. The molecule has 1 saturated heterocycles. The van der Waals surface area contributed by atoms with Crippen LogP contribution in [-0.2, 0) is 21.0 Å². The molecule has 0 saturated carbocycles. The Bertz CT molecular complexity index is 1080. The highest BCUT2D eigenvalue weighted by Crippen LogP contribution is 2.31. The Morgan fingerprint density at radius 2 is 1.62 bits per heavy atom. The monoisotopic (exact) mass is 501 g/mol. The van der Waals surface area contributed by atoms with E-state index in [1.807, 2.05) is 4.90 Å². The van der Waals surface area contributed by atoms with Gasteiger partial charge in [0.25, 0.3) is 0 Å². The van der Waals surface area contributed by atoms with E-state index in [9.17, 15) is 26.4 Å². The van der Waals surface area contributed by atoms with E-state index in [0.717, 1.165) is 12.1 Å². The summed E-state index contributed by atoms with van der Waals surface area (Å²) in [6, 6.07) is 4.70. The topological polar surface area (TPSA) is 116 Å². The van der Waals surface area contributed by atoms with Crippen molar-refractivity contribution >= 4 is 21.9 Å². The second-order valence-corrected chi connectivity index (χ2v) is 10.4. The number of carbonyl (C=O) groups is 1. The first-order valence-electron chi connectivity index (χ1n) is 10.6. The minimum absolute atomic E-state index is 0.178. The maximum absolute atomic E-state index is 12.8. The Kier molecular flexibility index (Phi) is 7.78. The lowest BCUT2D eigenvalue weighted by Gasteiger charge is -2.34. The molecule has 1 fully saturated rings. The number of alkyl halides is 3. The lowest BCUT2D eigenvalue weighted by molar-refractivity contribution is -0.137. The Morgan fingerprint density at radius 1 is 1.06 bits per heavy atom. The second kappa shape index (κ2) is 10.2. The van der Waals surface area contributed by atoms with Crippen molar-refractivity contribution in [3.05, 3.63) is 42.2 Å². The molecule has 1 aliphatic heterocycles. The molecule has 0 unspecified atom stereocenters. The van der Waals surface area contributed by atoms with Crippen LogP contribution >= 0.6 is 0 Å². The summed E-state index contributed by atoms with van der Waals surface area (Å²) in [6.45, 7) is 4.43. The van der Waals surface area contributed by atoms with Crippen LogP contribution in [0.2, 0.25) is 0 Å². The van der Waals surface area contributed by atoms with Crippen LogP contribution in [0.1, 0.15) is 19.4 Å². The van der Waals surface area contributed by atoms with E-state index in [-0.39, 0.29) is 19.0 Å². The smallest absolute Gasteiger partial charge is 0.338 e. The molecule has 1 amide bonds. The molecule has 1 aromatic carbocycles. The van der Waals surface area contributed by atoms with E-state index in [4.69, 9.17) is 5.21 Å². The summed E-state index contributed by atoms with van der Waals surface area (Å²) in [5.74, 6) is -1.92. The predicted octanol–water partition coefficient (Wildman–Crippen LogP) is 2.39. The molecule has 0 aliphatic carbocycles. The minimum atomic E-state index is -4.41. The third-order valence-electron chi connectivity index (χ3n) is 5.74. The maximum atomic E-state index is 12.8. The van der Waals surface area contributed by atoms with Gasteiger partial charge in [-0.05, 0) is 23.6 Å². The molecule has 2 N–H and O–H groups in total. The molecule has 1 aliphatic rings. The zero-order valence-electron chi connectivity index (χ0n) is 18.7. The van der Waals surface area contributed by atoms with Crippen molar-refractivity contribution in [2.75, 3.05) is 36.8 Å². The van der Waals surface area contributed by atoms with E-state index in [2.05, 4.69) is 9.97 Å². The average Bonchev–Trinajstić information content (AvgIpc) is 2.81. The molecule has 34 heavy (non-hydrogen) atoms. The van der Waals surface area contributed by atoms with Crippen molar-refractivity contribution < 1.29 is 31.6 Å². The van der Waals surface area contributed by atoms with E-state index in [1.54, 1.807) is 13.8 Å². The van der Waals surface area contributed by atoms with Crippen molar-refractivity contribution in [1.82, 2.24) is 19.8 Å². The number of anilines is 1. The van der Waals surface area contributed by atoms with Gasteiger partial charge >= 0.3 is 6.18 Å². The van der Waals surface area contributed by atoms with Crippen LogP contribution in [0, 0.1) is 11.8 Å². The zero-order chi connectivity index (χ0) is 25.1. The fraction of sp³-hybridized carbons (Fsp3) is 0.476. The summed E-state index contributed by atoms with van der Waals surface area (Å²) in [4.78, 5) is 22.2. The molecule has 186 valence electrons.